The van der Waals surface area contributed by atoms with Gasteiger partial charge in [-0.1, -0.05) is 0 Å². The van der Waals surface area contributed by atoms with Gasteiger partial charge in [0.1, 0.15) is 11.2 Å². The number of esters is 2. The van der Waals surface area contributed by atoms with Gasteiger partial charge in [0, 0.05) is 0 Å². The van der Waals surface area contributed by atoms with E-state index in [9.17, 15) is 9.59 Å². The van der Waals surface area contributed by atoms with Crippen LogP contribution in [0.25, 0.3) is 11.4 Å². The Kier molecular flexibility index (Phi) is 11.2. The summed E-state index contributed by atoms with van der Waals surface area (Å²) in [5, 5.41) is 15.8. The number of nitrogens with zero attached hydrogens (tertiary/aromatic N) is 5. The molecule has 1 heterocycles. The molecule has 1 aromatic heterocycles. The van der Waals surface area contributed by atoms with Crippen LogP contribution < -0.4 is 8.32 Å². The number of benzene rings is 2. The van der Waals surface area contributed by atoms with E-state index in [2.05, 4.69) is 54.5 Å². The molecule has 0 aliphatic carbocycles. The van der Waals surface area contributed by atoms with Gasteiger partial charge >= 0.3 is 172 Å². The summed E-state index contributed by atoms with van der Waals surface area (Å²) in [4.78, 5) is 31.9. The molecule has 0 aliphatic heterocycles. The summed E-state index contributed by atoms with van der Waals surface area (Å²) in [7, 11) is 0. The van der Waals surface area contributed by atoms with Crippen molar-refractivity contribution in [2.75, 3.05) is 13.1 Å². The molecular formula is C30H40N5O5Sn. The molecule has 0 aliphatic rings. The molecule has 0 fully saturated rings. The van der Waals surface area contributed by atoms with E-state index in [4.69, 9.17) is 14.2 Å². The van der Waals surface area contributed by atoms with Crippen LogP contribution in [0.1, 0.15) is 52.7 Å². The van der Waals surface area contributed by atoms with Gasteiger partial charge in [-0.25, -0.2) is 0 Å². The third-order valence-corrected chi connectivity index (χ3v) is 9.85. The molecule has 0 N–H and O–H groups in total. The standard InChI is InChI=1S/C28H34N5O5.2CH3.Sn/c1-27(2,3)37-24(34)16-33(17-25(35)38-28(4,5)6)15-22-13-12-21(26-31-29-19-30-32-26)14-23(22)36-18-20-10-8-7-9-11-20;;;/h8-14,19H,15-18H2,1-6H3;2*1H3;. The molecule has 1 radical (unpaired) electrons. The van der Waals surface area contributed by atoms with Crippen molar-refractivity contribution >= 4 is 35.3 Å². The topological polar surface area (TPSA) is 117 Å². The predicted molar refractivity (Wildman–Crippen MR) is 158 cm³/mol. The monoisotopic (exact) mass is 670 g/mol. The summed E-state index contributed by atoms with van der Waals surface area (Å²) < 4.78 is 18.8. The van der Waals surface area contributed by atoms with Gasteiger partial charge in [0.25, 0.3) is 0 Å². The molecule has 41 heavy (non-hydrogen) atoms. The minimum atomic E-state index is -1.45. The van der Waals surface area contributed by atoms with E-state index in [0.717, 1.165) is 11.1 Å². The van der Waals surface area contributed by atoms with E-state index in [1.807, 2.05) is 18.2 Å². The Morgan fingerprint density at radius 2 is 1.39 bits per heavy atom. The van der Waals surface area contributed by atoms with Gasteiger partial charge in [-0.3, -0.25) is 9.59 Å². The van der Waals surface area contributed by atoms with Crippen LogP contribution in [-0.4, -0.2) is 81.3 Å². The average Bonchev–Trinajstić information content (AvgIpc) is 2.86. The number of aromatic nitrogens is 4. The summed E-state index contributed by atoms with van der Waals surface area (Å²) >= 11 is -1.45. The summed E-state index contributed by atoms with van der Waals surface area (Å²) in [6, 6.07) is 14.1. The first-order chi connectivity index (χ1) is 19.2. The van der Waals surface area contributed by atoms with Gasteiger partial charge < -0.3 is 9.47 Å². The molecule has 0 unspecified atom stereocenters. The van der Waals surface area contributed by atoms with Crippen molar-refractivity contribution in [2.24, 2.45) is 0 Å². The number of carbonyl (C=O) groups excluding carboxylic acids is 2. The van der Waals surface area contributed by atoms with Crippen molar-refractivity contribution < 1.29 is 23.8 Å². The van der Waals surface area contributed by atoms with E-state index >= 15 is 0 Å². The Bertz CT molecular complexity index is 1280. The number of hydrogen-bond acceptors (Lipinski definition) is 10. The van der Waals surface area contributed by atoms with Crippen molar-refractivity contribution in [3.8, 4) is 17.1 Å². The van der Waals surface area contributed by atoms with Crippen LogP contribution in [-0.2, 0) is 32.2 Å². The van der Waals surface area contributed by atoms with E-state index in [-0.39, 0.29) is 19.6 Å². The van der Waals surface area contributed by atoms with Crippen molar-refractivity contribution in [3.05, 3.63) is 59.9 Å². The Labute approximate surface area is 249 Å². The van der Waals surface area contributed by atoms with Crippen LogP contribution in [0.2, 0.25) is 9.88 Å². The Hall–Kier alpha value is -3.12. The van der Waals surface area contributed by atoms with Crippen LogP contribution in [0, 0.1) is 0 Å². The molecule has 0 saturated carbocycles. The average molecular weight is 669 g/mol. The summed E-state index contributed by atoms with van der Waals surface area (Å²) in [6.07, 6.45) is 1.27. The number of carbonyl (C=O) groups is 2. The van der Waals surface area contributed by atoms with Crippen molar-refractivity contribution in [2.45, 2.75) is 75.8 Å². The molecule has 0 saturated heterocycles. The molecule has 11 heteroatoms. The molecule has 3 aromatic rings. The minimum absolute atomic E-state index is 0.102. The number of ether oxygens (including phenoxy) is 3. The first-order valence-electron chi connectivity index (χ1n) is 13.5. The second-order valence-electron chi connectivity index (χ2n) is 12.0. The van der Waals surface area contributed by atoms with E-state index in [1.165, 1.54) is 9.91 Å². The first-order valence-corrected chi connectivity index (χ1v) is 20.6. The second kappa shape index (κ2) is 14.2. The zero-order valence-electron chi connectivity index (χ0n) is 25.2. The Morgan fingerprint density at radius 3 is 1.90 bits per heavy atom. The van der Waals surface area contributed by atoms with Gasteiger partial charge in [-0.05, 0) is 41.5 Å². The molecular weight excluding hydrogens is 629 g/mol. The molecule has 0 amide bonds. The predicted octanol–water partition coefficient (Wildman–Crippen LogP) is 3.96. The summed E-state index contributed by atoms with van der Waals surface area (Å²) in [5.74, 6) is 0.0478. The zero-order chi connectivity index (χ0) is 30.2. The summed E-state index contributed by atoms with van der Waals surface area (Å²) in [5.41, 5.74) is 1.17. The molecule has 3 rings (SSSR count). The summed E-state index contributed by atoms with van der Waals surface area (Å²) in [6.45, 7) is 11.2. The zero-order valence-corrected chi connectivity index (χ0v) is 28.1. The number of hydrogen-bond donors (Lipinski definition) is 0. The van der Waals surface area contributed by atoms with Crippen LogP contribution in [0.5, 0.6) is 5.75 Å². The van der Waals surface area contributed by atoms with Crippen LogP contribution in [0.15, 0.2) is 48.8 Å². The third kappa shape index (κ3) is 11.3. The molecule has 10 nitrogen and oxygen atoms in total. The van der Waals surface area contributed by atoms with E-state index in [0.29, 0.717) is 23.7 Å². The fraction of sp³-hybridized carbons (Fsp3) is 0.467. The van der Waals surface area contributed by atoms with Crippen molar-refractivity contribution in [1.82, 2.24) is 25.3 Å². The molecule has 0 spiro atoms. The Morgan fingerprint density at radius 1 is 0.829 bits per heavy atom. The van der Waals surface area contributed by atoms with Crippen LogP contribution in [0.3, 0.4) is 0 Å². The maximum atomic E-state index is 12.8. The fourth-order valence-electron chi connectivity index (χ4n) is 3.89. The second-order valence-corrected chi connectivity index (χ2v) is 19.4. The van der Waals surface area contributed by atoms with Gasteiger partial charge in [0.2, 0.25) is 0 Å². The first kappa shape index (κ1) is 32.4. The van der Waals surface area contributed by atoms with Gasteiger partial charge in [0.15, 0.2) is 6.33 Å². The quantitative estimate of drug-likeness (QED) is 0.220. The van der Waals surface area contributed by atoms with E-state index < -0.39 is 42.9 Å². The number of rotatable bonds is 11. The van der Waals surface area contributed by atoms with Crippen molar-refractivity contribution in [1.29, 1.82) is 0 Å². The Balaban J connectivity index is 1.90. The molecule has 219 valence electrons. The SMILES string of the molecule is [CH3][Sn]([CH3])[c]1ccc(COc2cc(-c3nncnn3)ccc2CN(CC(=O)OC(C)(C)C)CC(=O)OC(C)(C)C)cc1. The van der Waals surface area contributed by atoms with Gasteiger partial charge in [0.05, 0.1) is 0 Å². The molecule has 0 bridgehead atoms. The molecule has 0 atom stereocenters. The van der Waals surface area contributed by atoms with Crippen LogP contribution in [0.4, 0.5) is 0 Å². The molecule has 2 aromatic carbocycles. The fourth-order valence-corrected chi connectivity index (χ4v) is 6.27. The van der Waals surface area contributed by atoms with E-state index in [1.54, 1.807) is 46.4 Å². The van der Waals surface area contributed by atoms with Gasteiger partial charge in [-0.15, -0.1) is 0 Å². The third-order valence-electron chi connectivity index (χ3n) is 5.60. The maximum absolute atomic E-state index is 12.8. The van der Waals surface area contributed by atoms with Crippen molar-refractivity contribution in [3.63, 3.8) is 0 Å². The normalized spacial score (nSPS) is 12.0. The van der Waals surface area contributed by atoms with Crippen LogP contribution >= 0.6 is 0 Å². The van der Waals surface area contributed by atoms with Gasteiger partial charge in [-0.2, -0.15) is 0 Å².